The lowest BCUT2D eigenvalue weighted by molar-refractivity contribution is 0.249. The first-order valence-electron chi connectivity index (χ1n) is 8.80. The fraction of sp³-hybridized carbons (Fsp3) is 0.625. The van der Waals surface area contributed by atoms with Gasteiger partial charge in [-0.3, -0.25) is 0 Å². The first-order valence-corrected chi connectivity index (χ1v) is 10.2. The first kappa shape index (κ1) is 15.5. The summed E-state index contributed by atoms with van der Waals surface area (Å²) in [5.41, 5.74) is 0.548. The van der Waals surface area contributed by atoms with Gasteiger partial charge in [-0.25, -0.2) is 9.97 Å². The van der Waals surface area contributed by atoms with Crippen molar-refractivity contribution in [1.29, 1.82) is 0 Å². The smallest absolute Gasteiger partial charge is 0.282 e. The number of aromatic nitrogens is 3. The molecule has 1 aliphatic heterocycles. The zero-order valence-electron chi connectivity index (χ0n) is 14.2. The van der Waals surface area contributed by atoms with Crippen LogP contribution in [0.25, 0.3) is 11.0 Å². The van der Waals surface area contributed by atoms with Gasteiger partial charge in [0.25, 0.3) is 10.2 Å². The number of piperazine rings is 1. The number of nitrogens with one attached hydrogen (secondary N) is 1. The van der Waals surface area contributed by atoms with Gasteiger partial charge in [0.2, 0.25) is 0 Å². The molecular weight excluding hydrogens is 340 g/mol. The van der Waals surface area contributed by atoms with Gasteiger partial charge in [0.15, 0.2) is 0 Å². The minimum Gasteiger partial charge on any atom is -0.353 e. The summed E-state index contributed by atoms with van der Waals surface area (Å²) in [6.45, 7) is 1.86. The molecule has 0 unspecified atom stereocenters. The van der Waals surface area contributed by atoms with Crippen molar-refractivity contribution in [2.45, 2.75) is 37.3 Å². The van der Waals surface area contributed by atoms with Crippen LogP contribution in [0.1, 0.15) is 25.7 Å². The SMILES string of the molecule is CN(C1CC1)S(=O)(=O)N1CCN(c2ncnc3[nH]ccc23)CC12CC2. The van der Waals surface area contributed by atoms with Crippen molar-refractivity contribution in [3.63, 3.8) is 0 Å². The van der Waals surface area contributed by atoms with Gasteiger partial charge in [-0.15, -0.1) is 0 Å². The second kappa shape index (κ2) is 5.15. The topological polar surface area (TPSA) is 85.4 Å². The highest BCUT2D eigenvalue weighted by Crippen LogP contribution is 2.47. The third-order valence-corrected chi connectivity index (χ3v) is 7.90. The Hall–Kier alpha value is -1.71. The van der Waals surface area contributed by atoms with Crippen LogP contribution in [-0.2, 0) is 10.2 Å². The highest BCUT2D eigenvalue weighted by Gasteiger charge is 2.57. The summed E-state index contributed by atoms with van der Waals surface area (Å²) in [6, 6.07) is 2.17. The van der Waals surface area contributed by atoms with Crippen LogP contribution in [0, 0.1) is 0 Å². The molecule has 1 spiro atoms. The summed E-state index contributed by atoms with van der Waals surface area (Å²) in [5.74, 6) is 0.894. The third kappa shape index (κ3) is 2.37. The summed E-state index contributed by atoms with van der Waals surface area (Å²) in [4.78, 5) is 14.0. The molecule has 2 aliphatic carbocycles. The lowest BCUT2D eigenvalue weighted by Gasteiger charge is -2.43. The average molecular weight is 362 g/mol. The molecule has 3 aliphatic rings. The molecule has 0 bridgehead atoms. The monoisotopic (exact) mass is 362 g/mol. The molecule has 0 atom stereocenters. The van der Waals surface area contributed by atoms with Crippen molar-refractivity contribution in [2.24, 2.45) is 0 Å². The highest BCUT2D eigenvalue weighted by molar-refractivity contribution is 7.86. The lowest BCUT2D eigenvalue weighted by atomic mass is 10.2. The number of hydrogen-bond acceptors (Lipinski definition) is 5. The first-order chi connectivity index (χ1) is 12.0. The van der Waals surface area contributed by atoms with Crippen LogP contribution in [0.4, 0.5) is 5.82 Å². The van der Waals surface area contributed by atoms with Gasteiger partial charge in [0.05, 0.1) is 10.9 Å². The molecule has 134 valence electrons. The van der Waals surface area contributed by atoms with Gasteiger partial charge in [0.1, 0.15) is 17.8 Å². The summed E-state index contributed by atoms with van der Waals surface area (Å²) in [6.07, 6.45) is 7.23. The van der Waals surface area contributed by atoms with E-state index in [1.807, 2.05) is 12.3 Å². The Kier molecular flexibility index (Phi) is 3.20. The normalized spacial score (nSPS) is 23.7. The van der Waals surface area contributed by atoms with E-state index in [9.17, 15) is 8.42 Å². The quantitative estimate of drug-likeness (QED) is 0.875. The van der Waals surface area contributed by atoms with Crippen molar-refractivity contribution in [3.8, 4) is 0 Å². The second-order valence-corrected chi connectivity index (χ2v) is 9.32. The molecule has 1 saturated heterocycles. The van der Waals surface area contributed by atoms with E-state index in [1.54, 1.807) is 22.0 Å². The van der Waals surface area contributed by atoms with Crippen molar-refractivity contribution < 1.29 is 8.42 Å². The number of H-pyrrole nitrogens is 1. The minimum absolute atomic E-state index is 0.195. The molecule has 2 saturated carbocycles. The molecule has 3 fully saturated rings. The van der Waals surface area contributed by atoms with Gasteiger partial charge >= 0.3 is 0 Å². The van der Waals surface area contributed by atoms with Gasteiger partial charge < -0.3 is 9.88 Å². The maximum Gasteiger partial charge on any atom is 0.282 e. The van der Waals surface area contributed by atoms with Crippen LogP contribution < -0.4 is 4.90 Å². The van der Waals surface area contributed by atoms with E-state index in [0.29, 0.717) is 19.6 Å². The zero-order chi connectivity index (χ0) is 17.2. The minimum atomic E-state index is -3.38. The summed E-state index contributed by atoms with van der Waals surface area (Å²) >= 11 is 0. The molecule has 9 heteroatoms. The molecule has 0 radical (unpaired) electrons. The van der Waals surface area contributed by atoms with Crippen molar-refractivity contribution >= 4 is 27.1 Å². The molecule has 1 N–H and O–H groups in total. The third-order valence-electron chi connectivity index (χ3n) is 5.75. The van der Waals surface area contributed by atoms with Crippen molar-refractivity contribution in [1.82, 2.24) is 23.6 Å². The molecule has 2 aromatic rings. The molecule has 5 rings (SSSR count). The van der Waals surface area contributed by atoms with E-state index < -0.39 is 10.2 Å². The van der Waals surface area contributed by atoms with E-state index in [2.05, 4.69) is 19.9 Å². The Morgan fingerprint density at radius 1 is 1.28 bits per heavy atom. The van der Waals surface area contributed by atoms with Crippen LogP contribution >= 0.6 is 0 Å². The molecular formula is C16H22N6O2S. The Bertz CT molecular complexity index is 918. The number of hydrogen-bond donors (Lipinski definition) is 1. The van der Waals surface area contributed by atoms with Crippen LogP contribution in [-0.4, -0.2) is 70.2 Å². The van der Waals surface area contributed by atoms with Gasteiger partial charge in [-0.1, -0.05) is 0 Å². The van der Waals surface area contributed by atoms with E-state index >= 15 is 0 Å². The predicted molar refractivity (Wildman–Crippen MR) is 94.5 cm³/mol. The number of fused-ring (bicyclic) bond motifs is 1. The largest absolute Gasteiger partial charge is 0.353 e. The fourth-order valence-electron chi connectivity index (χ4n) is 3.95. The number of nitrogens with zero attached hydrogens (tertiary/aromatic N) is 5. The van der Waals surface area contributed by atoms with E-state index in [1.165, 1.54) is 0 Å². The van der Waals surface area contributed by atoms with E-state index in [-0.39, 0.29) is 11.6 Å². The maximum atomic E-state index is 13.0. The van der Waals surface area contributed by atoms with Gasteiger partial charge in [-0.2, -0.15) is 17.0 Å². The van der Waals surface area contributed by atoms with E-state index in [4.69, 9.17) is 0 Å². The molecule has 25 heavy (non-hydrogen) atoms. The Morgan fingerprint density at radius 2 is 2.08 bits per heavy atom. The van der Waals surface area contributed by atoms with Crippen LogP contribution in [0.3, 0.4) is 0 Å². The average Bonchev–Trinajstić information content (AvgIpc) is 3.53. The Balaban J connectivity index is 1.44. The Morgan fingerprint density at radius 3 is 2.80 bits per heavy atom. The fourth-order valence-corrected chi connectivity index (χ4v) is 5.89. The summed E-state index contributed by atoms with van der Waals surface area (Å²) < 4.78 is 29.4. The molecule has 0 amide bonds. The molecule has 3 heterocycles. The maximum absolute atomic E-state index is 13.0. The number of aromatic amines is 1. The van der Waals surface area contributed by atoms with Gasteiger partial charge in [0, 0.05) is 38.9 Å². The van der Waals surface area contributed by atoms with E-state index in [0.717, 1.165) is 42.5 Å². The predicted octanol–water partition coefficient (Wildman–Crippen LogP) is 0.952. The van der Waals surface area contributed by atoms with Crippen LogP contribution in [0.2, 0.25) is 0 Å². The zero-order valence-corrected chi connectivity index (χ0v) is 15.0. The lowest BCUT2D eigenvalue weighted by Crippen LogP contribution is -2.60. The van der Waals surface area contributed by atoms with Crippen molar-refractivity contribution in [2.75, 3.05) is 31.6 Å². The summed E-state index contributed by atoms with van der Waals surface area (Å²) in [7, 11) is -1.65. The highest BCUT2D eigenvalue weighted by atomic mass is 32.2. The molecule has 2 aromatic heterocycles. The van der Waals surface area contributed by atoms with Gasteiger partial charge in [-0.05, 0) is 31.7 Å². The van der Waals surface area contributed by atoms with Crippen molar-refractivity contribution in [3.05, 3.63) is 18.6 Å². The van der Waals surface area contributed by atoms with Crippen LogP contribution in [0.15, 0.2) is 18.6 Å². The standard InChI is InChI=1S/C16H22N6O2S/c1-20(12-2-3-12)25(23,24)22-9-8-21(10-16(22)5-6-16)15-13-4-7-17-14(13)18-11-19-15/h4,7,11-12H,2-3,5-6,8-10H2,1H3,(H,17,18,19). The Labute approximate surface area is 147 Å². The molecule has 0 aromatic carbocycles. The number of anilines is 1. The molecule has 8 nitrogen and oxygen atoms in total. The second-order valence-electron chi connectivity index (χ2n) is 7.41. The van der Waals surface area contributed by atoms with Crippen LogP contribution in [0.5, 0.6) is 0 Å². The summed E-state index contributed by atoms with van der Waals surface area (Å²) in [5, 5.41) is 0.990. The number of rotatable bonds is 4.